The van der Waals surface area contributed by atoms with Crippen LogP contribution in [0.3, 0.4) is 0 Å². The standard InChI is InChI=1S/C16H15N3O3/c20-16-18(10-12-2-1-5-17-9-12)6-7-19(16)13-3-4-14-15(8-13)22-11-21-14/h1-5,8-9H,6-7,10-11H2. The SMILES string of the molecule is O=C1N(Cc2cccnc2)CCN1c1ccc2c(c1)OCO2. The molecule has 0 spiro atoms. The second-order valence-electron chi connectivity index (χ2n) is 5.25. The zero-order valence-corrected chi connectivity index (χ0v) is 11.9. The van der Waals surface area contributed by atoms with Crippen LogP contribution in [0.15, 0.2) is 42.7 Å². The molecule has 1 fully saturated rings. The van der Waals surface area contributed by atoms with Crippen molar-refractivity contribution in [2.45, 2.75) is 6.54 Å². The van der Waals surface area contributed by atoms with Crippen molar-refractivity contribution in [1.29, 1.82) is 0 Å². The molecule has 6 heteroatoms. The Morgan fingerprint density at radius 3 is 2.91 bits per heavy atom. The molecule has 3 heterocycles. The quantitative estimate of drug-likeness (QED) is 0.872. The van der Waals surface area contributed by atoms with Crippen molar-refractivity contribution >= 4 is 11.7 Å². The van der Waals surface area contributed by atoms with Gasteiger partial charge in [-0.25, -0.2) is 4.79 Å². The summed E-state index contributed by atoms with van der Waals surface area (Å²) in [6.45, 7) is 2.18. The van der Waals surface area contributed by atoms with E-state index in [0.717, 1.165) is 17.0 Å². The number of hydrogen-bond donors (Lipinski definition) is 0. The van der Waals surface area contributed by atoms with E-state index >= 15 is 0 Å². The van der Waals surface area contributed by atoms with Crippen LogP contribution < -0.4 is 14.4 Å². The lowest BCUT2D eigenvalue weighted by atomic mass is 10.2. The number of carbonyl (C=O) groups is 1. The number of nitrogens with zero attached hydrogens (tertiary/aromatic N) is 3. The molecule has 1 aromatic heterocycles. The first kappa shape index (κ1) is 12.9. The van der Waals surface area contributed by atoms with Gasteiger partial charge in [0.1, 0.15) is 0 Å². The summed E-state index contributed by atoms with van der Waals surface area (Å²) in [6, 6.07) is 9.44. The first-order valence-electron chi connectivity index (χ1n) is 7.16. The number of ether oxygens (including phenoxy) is 2. The van der Waals surface area contributed by atoms with Gasteiger partial charge in [0.25, 0.3) is 0 Å². The van der Waals surface area contributed by atoms with Gasteiger partial charge in [0.2, 0.25) is 6.79 Å². The van der Waals surface area contributed by atoms with Gasteiger partial charge in [-0.3, -0.25) is 9.88 Å². The molecule has 6 nitrogen and oxygen atoms in total. The maximum atomic E-state index is 12.6. The van der Waals surface area contributed by atoms with Crippen LogP contribution in [0.4, 0.5) is 10.5 Å². The van der Waals surface area contributed by atoms with Gasteiger partial charge in [0, 0.05) is 43.8 Å². The number of amides is 2. The first-order valence-corrected chi connectivity index (χ1v) is 7.16. The van der Waals surface area contributed by atoms with Crippen molar-refractivity contribution in [2.24, 2.45) is 0 Å². The van der Waals surface area contributed by atoms with Crippen molar-refractivity contribution in [3.8, 4) is 11.5 Å². The molecule has 1 aromatic carbocycles. The van der Waals surface area contributed by atoms with E-state index in [-0.39, 0.29) is 12.8 Å². The molecule has 22 heavy (non-hydrogen) atoms. The zero-order valence-electron chi connectivity index (χ0n) is 11.9. The Hall–Kier alpha value is -2.76. The number of carbonyl (C=O) groups excluding carboxylic acids is 1. The van der Waals surface area contributed by atoms with Crippen LogP contribution >= 0.6 is 0 Å². The summed E-state index contributed by atoms with van der Waals surface area (Å²) in [6.07, 6.45) is 3.52. The molecule has 0 bridgehead atoms. The largest absolute Gasteiger partial charge is 0.454 e. The van der Waals surface area contributed by atoms with Crippen molar-refractivity contribution in [3.63, 3.8) is 0 Å². The molecule has 2 aromatic rings. The molecule has 0 radical (unpaired) electrons. The molecule has 0 aliphatic carbocycles. The van der Waals surface area contributed by atoms with Crippen LogP contribution in [-0.4, -0.2) is 35.8 Å². The van der Waals surface area contributed by atoms with Gasteiger partial charge in [-0.2, -0.15) is 0 Å². The lowest BCUT2D eigenvalue weighted by molar-refractivity contribution is 0.174. The predicted molar refractivity (Wildman–Crippen MR) is 80.0 cm³/mol. The highest BCUT2D eigenvalue weighted by Gasteiger charge is 2.30. The van der Waals surface area contributed by atoms with Gasteiger partial charge in [0.05, 0.1) is 0 Å². The maximum absolute atomic E-state index is 12.6. The summed E-state index contributed by atoms with van der Waals surface area (Å²) in [5, 5.41) is 0. The number of benzene rings is 1. The summed E-state index contributed by atoms with van der Waals surface area (Å²) >= 11 is 0. The highest BCUT2D eigenvalue weighted by atomic mass is 16.7. The average Bonchev–Trinajstić information content (AvgIpc) is 3.15. The van der Waals surface area contributed by atoms with E-state index in [1.807, 2.05) is 35.2 Å². The van der Waals surface area contributed by atoms with Gasteiger partial charge in [-0.1, -0.05) is 6.07 Å². The Labute approximate surface area is 127 Å². The number of aromatic nitrogens is 1. The molecule has 1 saturated heterocycles. The van der Waals surface area contributed by atoms with E-state index in [2.05, 4.69) is 4.98 Å². The third kappa shape index (κ3) is 2.22. The van der Waals surface area contributed by atoms with E-state index in [1.165, 1.54) is 0 Å². The lowest BCUT2D eigenvalue weighted by Gasteiger charge is -2.19. The maximum Gasteiger partial charge on any atom is 0.324 e. The lowest BCUT2D eigenvalue weighted by Crippen LogP contribution is -2.31. The molecule has 112 valence electrons. The Morgan fingerprint density at radius 1 is 1.14 bits per heavy atom. The minimum absolute atomic E-state index is 0.00252. The molecule has 0 N–H and O–H groups in total. The van der Waals surface area contributed by atoms with Crippen molar-refractivity contribution in [3.05, 3.63) is 48.3 Å². The normalized spacial score (nSPS) is 16.5. The number of urea groups is 1. The number of anilines is 1. The first-order chi connectivity index (χ1) is 10.8. The van der Waals surface area contributed by atoms with Crippen LogP contribution in [0, 0.1) is 0 Å². The number of hydrogen-bond acceptors (Lipinski definition) is 4. The second-order valence-corrected chi connectivity index (χ2v) is 5.25. The highest BCUT2D eigenvalue weighted by molar-refractivity contribution is 5.94. The molecule has 2 aliphatic heterocycles. The van der Waals surface area contributed by atoms with Crippen molar-refractivity contribution in [1.82, 2.24) is 9.88 Å². The van der Waals surface area contributed by atoms with E-state index in [4.69, 9.17) is 9.47 Å². The molecule has 0 atom stereocenters. The summed E-state index contributed by atoms with van der Waals surface area (Å²) in [7, 11) is 0. The van der Waals surface area contributed by atoms with Crippen LogP contribution in [0.5, 0.6) is 11.5 Å². The van der Waals surface area contributed by atoms with Crippen LogP contribution in [0.2, 0.25) is 0 Å². The summed E-state index contributed by atoms with van der Waals surface area (Å²) in [4.78, 5) is 20.2. The molecule has 2 amide bonds. The molecule has 0 unspecified atom stereocenters. The zero-order chi connectivity index (χ0) is 14.9. The average molecular weight is 297 g/mol. The van der Waals surface area contributed by atoms with Crippen LogP contribution in [0.1, 0.15) is 5.56 Å². The summed E-state index contributed by atoms with van der Waals surface area (Å²) < 4.78 is 10.7. The van der Waals surface area contributed by atoms with Crippen LogP contribution in [0.25, 0.3) is 0 Å². The Balaban J connectivity index is 1.52. The third-order valence-electron chi connectivity index (χ3n) is 3.86. The van der Waals surface area contributed by atoms with E-state index in [9.17, 15) is 4.79 Å². The fourth-order valence-electron chi connectivity index (χ4n) is 2.73. The van der Waals surface area contributed by atoms with Crippen molar-refractivity contribution < 1.29 is 14.3 Å². The molecular formula is C16H15N3O3. The topological polar surface area (TPSA) is 54.9 Å². The molecule has 4 rings (SSSR count). The number of pyridine rings is 1. The van der Waals surface area contributed by atoms with Crippen LogP contribution in [-0.2, 0) is 6.54 Å². The van der Waals surface area contributed by atoms with Gasteiger partial charge >= 0.3 is 6.03 Å². The summed E-state index contributed by atoms with van der Waals surface area (Å²) in [5.74, 6) is 1.42. The van der Waals surface area contributed by atoms with Gasteiger partial charge in [0.15, 0.2) is 11.5 Å². The summed E-state index contributed by atoms with van der Waals surface area (Å²) in [5.41, 5.74) is 1.87. The van der Waals surface area contributed by atoms with Crippen molar-refractivity contribution in [2.75, 3.05) is 24.8 Å². The van der Waals surface area contributed by atoms with E-state index < -0.39 is 0 Å². The Bertz CT molecular complexity index is 705. The van der Waals surface area contributed by atoms with Gasteiger partial charge in [-0.15, -0.1) is 0 Å². The van der Waals surface area contributed by atoms with Gasteiger partial charge in [-0.05, 0) is 23.8 Å². The monoisotopic (exact) mass is 297 g/mol. The minimum atomic E-state index is 0.00252. The fourth-order valence-corrected chi connectivity index (χ4v) is 2.73. The van der Waals surface area contributed by atoms with E-state index in [1.54, 1.807) is 17.3 Å². The van der Waals surface area contributed by atoms with E-state index in [0.29, 0.717) is 25.4 Å². The highest BCUT2D eigenvalue weighted by Crippen LogP contribution is 2.36. The Kier molecular flexibility index (Phi) is 3.07. The molecular weight excluding hydrogens is 282 g/mol. The Morgan fingerprint density at radius 2 is 2.05 bits per heavy atom. The smallest absolute Gasteiger partial charge is 0.324 e. The minimum Gasteiger partial charge on any atom is -0.454 e. The molecule has 2 aliphatic rings. The number of fused-ring (bicyclic) bond motifs is 1. The third-order valence-corrected chi connectivity index (χ3v) is 3.86. The molecule has 0 saturated carbocycles. The second kappa shape index (κ2) is 5.22. The van der Waals surface area contributed by atoms with Gasteiger partial charge < -0.3 is 14.4 Å². The fraction of sp³-hybridized carbons (Fsp3) is 0.250. The predicted octanol–water partition coefficient (Wildman–Crippen LogP) is 2.25. The number of rotatable bonds is 3.